The van der Waals surface area contributed by atoms with Gasteiger partial charge >= 0.3 is 0 Å². The van der Waals surface area contributed by atoms with Crippen LogP contribution in [0.25, 0.3) is 0 Å². The van der Waals surface area contributed by atoms with Crippen molar-refractivity contribution in [2.45, 2.75) is 31.4 Å². The van der Waals surface area contributed by atoms with Crippen molar-refractivity contribution >= 4 is 15.9 Å². The van der Waals surface area contributed by atoms with Crippen LogP contribution in [0.15, 0.2) is 16.6 Å². The number of hydrogen-bond acceptors (Lipinski definition) is 4. The molecule has 0 aromatic heterocycles. The van der Waals surface area contributed by atoms with E-state index in [-0.39, 0.29) is 12.1 Å². The lowest BCUT2D eigenvalue weighted by atomic mass is 9.95. The van der Waals surface area contributed by atoms with Crippen molar-refractivity contribution in [1.29, 1.82) is 0 Å². The van der Waals surface area contributed by atoms with Crippen LogP contribution < -0.4 is 15.2 Å². The Balaban J connectivity index is 2.30. The van der Waals surface area contributed by atoms with Crippen molar-refractivity contribution in [2.24, 2.45) is 5.73 Å². The lowest BCUT2D eigenvalue weighted by molar-refractivity contribution is -0.000413. The van der Waals surface area contributed by atoms with Crippen molar-refractivity contribution in [2.75, 3.05) is 20.8 Å². The predicted molar refractivity (Wildman–Crippen MR) is 77.8 cm³/mol. The van der Waals surface area contributed by atoms with E-state index in [1.807, 2.05) is 12.1 Å². The first-order valence-corrected chi connectivity index (χ1v) is 7.26. The molecule has 1 aromatic rings. The monoisotopic (exact) mass is 329 g/mol. The minimum Gasteiger partial charge on any atom is -0.495 e. The molecule has 19 heavy (non-hydrogen) atoms. The number of nitrogens with two attached hydrogens (primary N) is 1. The van der Waals surface area contributed by atoms with Gasteiger partial charge in [-0.15, -0.1) is 0 Å². The minimum absolute atomic E-state index is 0.0583. The molecule has 2 atom stereocenters. The Kier molecular flexibility index (Phi) is 5.07. The Hall–Kier alpha value is -0.780. The van der Waals surface area contributed by atoms with Gasteiger partial charge in [-0.2, -0.15) is 0 Å². The van der Waals surface area contributed by atoms with Crippen LogP contribution in [0.4, 0.5) is 0 Å². The Morgan fingerprint density at radius 3 is 2.68 bits per heavy atom. The first kappa shape index (κ1) is 14.6. The van der Waals surface area contributed by atoms with Crippen LogP contribution in [0.3, 0.4) is 0 Å². The van der Waals surface area contributed by atoms with E-state index in [0.29, 0.717) is 0 Å². The molecular formula is C14H20BrNO3. The third kappa shape index (κ3) is 3.04. The van der Waals surface area contributed by atoms with E-state index in [1.54, 1.807) is 14.2 Å². The molecule has 1 aliphatic heterocycles. The van der Waals surface area contributed by atoms with Gasteiger partial charge in [0.05, 0.1) is 26.4 Å². The Bertz CT molecular complexity index is 433. The average Bonchev–Trinajstić information content (AvgIpc) is 2.47. The summed E-state index contributed by atoms with van der Waals surface area (Å²) in [4.78, 5) is 0. The topological polar surface area (TPSA) is 53.7 Å². The molecule has 5 heteroatoms. The van der Waals surface area contributed by atoms with Gasteiger partial charge in [-0.3, -0.25) is 0 Å². The van der Waals surface area contributed by atoms with Crippen molar-refractivity contribution in [3.05, 3.63) is 22.2 Å². The highest BCUT2D eigenvalue weighted by molar-refractivity contribution is 9.10. The maximum absolute atomic E-state index is 6.34. The quantitative estimate of drug-likeness (QED) is 0.922. The normalized spacial score (nSPS) is 20.9. The van der Waals surface area contributed by atoms with Gasteiger partial charge in [0, 0.05) is 12.2 Å². The molecule has 2 N–H and O–H groups in total. The molecule has 1 saturated heterocycles. The molecule has 0 bridgehead atoms. The van der Waals surface area contributed by atoms with Crippen molar-refractivity contribution in [3.63, 3.8) is 0 Å². The van der Waals surface area contributed by atoms with Gasteiger partial charge in [0.2, 0.25) is 0 Å². The summed E-state index contributed by atoms with van der Waals surface area (Å²) in [6.07, 6.45) is 3.33. The van der Waals surface area contributed by atoms with E-state index in [1.165, 1.54) is 0 Å². The summed E-state index contributed by atoms with van der Waals surface area (Å²) in [6, 6.07) is 3.66. The van der Waals surface area contributed by atoms with E-state index < -0.39 is 0 Å². The Morgan fingerprint density at radius 1 is 1.32 bits per heavy atom. The maximum Gasteiger partial charge on any atom is 0.141 e. The fourth-order valence-electron chi connectivity index (χ4n) is 2.43. The van der Waals surface area contributed by atoms with E-state index in [9.17, 15) is 0 Å². The fourth-order valence-corrected chi connectivity index (χ4v) is 3.11. The van der Waals surface area contributed by atoms with Gasteiger partial charge < -0.3 is 19.9 Å². The van der Waals surface area contributed by atoms with E-state index in [0.717, 1.165) is 47.4 Å². The van der Waals surface area contributed by atoms with Gasteiger partial charge in [-0.05, 0) is 47.3 Å². The first-order chi connectivity index (χ1) is 9.19. The first-order valence-electron chi connectivity index (χ1n) is 6.46. The van der Waals surface area contributed by atoms with Gasteiger partial charge in [-0.1, -0.05) is 0 Å². The number of halogens is 1. The zero-order chi connectivity index (χ0) is 13.8. The highest BCUT2D eigenvalue weighted by atomic mass is 79.9. The lowest BCUT2D eigenvalue weighted by Crippen LogP contribution is -2.32. The van der Waals surface area contributed by atoms with Crippen LogP contribution in [-0.2, 0) is 4.74 Å². The molecule has 1 fully saturated rings. The summed E-state index contributed by atoms with van der Waals surface area (Å²) in [5.74, 6) is 1.46. The summed E-state index contributed by atoms with van der Waals surface area (Å²) in [5, 5.41) is 0. The SMILES string of the molecule is COc1ccc(C(N)C2CCCCO2)c(OC)c1Br. The molecule has 106 valence electrons. The molecule has 0 amide bonds. The number of benzene rings is 1. The van der Waals surface area contributed by atoms with E-state index in [4.69, 9.17) is 19.9 Å². The summed E-state index contributed by atoms with van der Waals surface area (Å²) in [5.41, 5.74) is 7.29. The number of rotatable bonds is 4. The fraction of sp³-hybridized carbons (Fsp3) is 0.571. The largest absolute Gasteiger partial charge is 0.495 e. The Morgan fingerprint density at radius 2 is 2.11 bits per heavy atom. The van der Waals surface area contributed by atoms with Crippen molar-refractivity contribution < 1.29 is 14.2 Å². The summed E-state index contributed by atoms with van der Waals surface area (Å²) >= 11 is 3.50. The third-order valence-electron chi connectivity index (χ3n) is 3.49. The molecule has 0 saturated carbocycles. The lowest BCUT2D eigenvalue weighted by Gasteiger charge is -2.29. The summed E-state index contributed by atoms with van der Waals surface area (Å²) in [6.45, 7) is 0.790. The number of methoxy groups -OCH3 is 2. The maximum atomic E-state index is 6.34. The molecule has 0 spiro atoms. The number of ether oxygens (including phenoxy) is 3. The summed E-state index contributed by atoms with van der Waals surface area (Å²) in [7, 11) is 3.26. The zero-order valence-electron chi connectivity index (χ0n) is 11.3. The third-order valence-corrected chi connectivity index (χ3v) is 4.24. The van der Waals surface area contributed by atoms with Gasteiger partial charge in [-0.25, -0.2) is 0 Å². The molecule has 1 aromatic carbocycles. The van der Waals surface area contributed by atoms with Crippen LogP contribution in [0.1, 0.15) is 30.9 Å². The standard InChI is InChI=1S/C14H20BrNO3/c1-17-10-7-6-9(14(18-2)12(10)15)13(16)11-5-3-4-8-19-11/h6-7,11,13H,3-5,8,16H2,1-2H3. The van der Waals surface area contributed by atoms with E-state index in [2.05, 4.69) is 15.9 Å². The Labute approximate surface area is 122 Å². The highest BCUT2D eigenvalue weighted by Gasteiger charge is 2.26. The molecule has 0 radical (unpaired) electrons. The van der Waals surface area contributed by atoms with Gasteiger partial charge in [0.25, 0.3) is 0 Å². The van der Waals surface area contributed by atoms with Crippen molar-refractivity contribution in [3.8, 4) is 11.5 Å². The van der Waals surface area contributed by atoms with Gasteiger partial charge in [0.1, 0.15) is 16.0 Å². The molecular weight excluding hydrogens is 310 g/mol. The molecule has 2 unspecified atom stereocenters. The highest BCUT2D eigenvalue weighted by Crippen LogP contribution is 2.40. The zero-order valence-corrected chi connectivity index (χ0v) is 12.9. The molecule has 1 heterocycles. The predicted octanol–water partition coefficient (Wildman–Crippen LogP) is 3.04. The number of hydrogen-bond donors (Lipinski definition) is 1. The van der Waals surface area contributed by atoms with Crippen molar-refractivity contribution in [1.82, 2.24) is 0 Å². The molecule has 1 aliphatic rings. The van der Waals surface area contributed by atoms with Crippen LogP contribution >= 0.6 is 15.9 Å². The second-order valence-corrected chi connectivity index (χ2v) is 5.43. The molecule has 4 nitrogen and oxygen atoms in total. The van der Waals surface area contributed by atoms with Crippen LogP contribution in [0.5, 0.6) is 11.5 Å². The smallest absolute Gasteiger partial charge is 0.141 e. The second kappa shape index (κ2) is 6.59. The van der Waals surface area contributed by atoms with E-state index >= 15 is 0 Å². The average molecular weight is 330 g/mol. The summed E-state index contributed by atoms with van der Waals surface area (Å²) < 4.78 is 17.3. The molecule has 2 rings (SSSR count). The van der Waals surface area contributed by atoms with Gasteiger partial charge in [0.15, 0.2) is 0 Å². The second-order valence-electron chi connectivity index (χ2n) is 4.64. The minimum atomic E-state index is -0.183. The van der Waals surface area contributed by atoms with Crippen LogP contribution in [0.2, 0.25) is 0 Å². The molecule has 0 aliphatic carbocycles. The van der Waals surface area contributed by atoms with Crippen LogP contribution in [-0.4, -0.2) is 26.9 Å². The van der Waals surface area contributed by atoms with Crippen LogP contribution in [0, 0.1) is 0 Å².